The summed E-state index contributed by atoms with van der Waals surface area (Å²) in [7, 11) is 3.81. The minimum absolute atomic E-state index is 0. The Kier molecular flexibility index (Phi) is 11.1. The van der Waals surface area contributed by atoms with E-state index in [0.717, 1.165) is 37.8 Å². The third-order valence-corrected chi connectivity index (χ3v) is 4.39. The van der Waals surface area contributed by atoms with Gasteiger partial charge in [-0.1, -0.05) is 38.0 Å². The molecule has 0 aliphatic heterocycles. The molecule has 1 N–H and O–H groups in total. The standard InChI is InChI=1S/C19H31NO3.Na.H/c1-5-6-9-16(13-12-15(2)21)17-10-7-8-11-18(17)20(3,4)14-19(22)23;;/h7-8,10-11,15-16,21H,5-6,9,12-14H2,1-4H3;;. The fourth-order valence-corrected chi connectivity index (χ4v) is 3.14. The number of aliphatic hydroxyl groups is 1. The van der Waals surface area contributed by atoms with Crippen molar-refractivity contribution in [2.24, 2.45) is 0 Å². The zero-order chi connectivity index (χ0) is 17.5. The maximum atomic E-state index is 11.1. The van der Waals surface area contributed by atoms with Crippen LogP contribution in [0.15, 0.2) is 24.3 Å². The predicted octanol–water partition coefficient (Wildman–Crippen LogP) is 1.79. The molecule has 5 heteroatoms. The van der Waals surface area contributed by atoms with Crippen LogP contribution in [-0.2, 0) is 4.79 Å². The van der Waals surface area contributed by atoms with E-state index in [1.807, 2.05) is 39.2 Å². The first-order valence-corrected chi connectivity index (χ1v) is 8.58. The van der Waals surface area contributed by atoms with Crippen molar-refractivity contribution in [1.29, 1.82) is 0 Å². The summed E-state index contributed by atoms with van der Waals surface area (Å²) < 4.78 is 0.274. The molecule has 0 fully saturated rings. The molecule has 0 radical (unpaired) electrons. The number of hydrogen-bond acceptors (Lipinski definition) is 3. The van der Waals surface area contributed by atoms with Crippen LogP contribution in [0.1, 0.15) is 57.4 Å². The second-order valence-electron chi connectivity index (χ2n) is 7.04. The van der Waals surface area contributed by atoms with E-state index in [1.165, 1.54) is 5.56 Å². The Morgan fingerprint density at radius 2 is 1.83 bits per heavy atom. The van der Waals surface area contributed by atoms with Crippen LogP contribution in [0.4, 0.5) is 5.69 Å². The summed E-state index contributed by atoms with van der Waals surface area (Å²) in [6.07, 6.45) is 4.69. The van der Waals surface area contributed by atoms with Crippen molar-refractivity contribution in [3.05, 3.63) is 29.8 Å². The molecule has 2 atom stereocenters. The van der Waals surface area contributed by atoms with Gasteiger partial charge in [0, 0.05) is 5.56 Å². The number of unbranched alkanes of at least 4 members (excludes halogenated alkanes) is 1. The van der Waals surface area contributed by atoms with Crippen molar-refractivity contribution >= 4 is 41.2 Å². The van der Waals surface area contributed by atoms with Crippen molar-refractivity contribution in [1.82, 2.24) is 4.48 Å². The Balaban J connectivity index is 0.00000529. The fourth-order valence-electron chi connectivity index (χ4n) is 3.14. The van der Waals surface area contributed by atoms with Gasteiger partial charge in [0.15, 0.2) is 0 Å². The molecule has 0 heterocycles. The van der Waals surface area contributed by atoms with Gasteiger partial charge in [-0.05, 0) is 38.2 Å². The van der Waals surface area contributed by atoms with Gasteiger partial charge in [-0.25, -0.2) is 0 Å². The van der Waals surface area contributed by atoms with Crippen molar-refractivity contribution in [2.75, 3.05) is 20.6 Å². The number of nitrogens with zero attached hydrogens (tertiary/aromatic N) is 1. The van der Waals surface area contributed by atoms with Gasteiger partial charge in [0.2, 0.25) is 0 Å². The average molecular weight is 345 g/mol. The fraction of sp³-hybridized carbons (Fsp3) is 0.632. The Hall–Kier alpha value is -0.390. The number of quaternary nitrogens is 1. The zero-order valence-corrected chi connectivity index (χ0v) is 14.9. The molecule has 1 rings (SSSR count). The summed E-state index contributed by atoms with van der Waals surface area (Å²) in [5, 5.41) is 20.7. The number of benzene rings is 1. The summed E-state index contributed by atoms with van der Waals surface area (Å²) in [5.74, 6) is -0.696. The van der Waals surface area contributed by atoms with Crippen LogP contribution in [0.25, 0.3) is 0 Å². The number of carboxylic acid groups (broad SMARTS) is 1. The minimum atomic E-state index is -1.04. The Morgan fingerprint density at radius 3 is 2.38 bits per heavy atom. The van der Waals surface area contributed by atoms with Crippen LogP contribution in [0, 0.1) is 0 Å². The molecule has 0 bridgehead atoms. The van der Waals surface area contributed by atoms with E-state index in [-0.39, 0.29) is 46.7 Å². The number of para-hydroxylation sites is 1. The van der Waals surface area contributed by atoms with Gasteiger partial charge in [0.1, 0.15) is 12.2 Å². The van der Waals surface area contributed by atoms with Gasteiger partial charge in [-0.15, -0.1) is 0 Å². The molecular weight excluding hydrogens is 313 g/mol. The first kappa shape index (κ1) is 23.6. The maximum absolute atomic E-state index is 11.1. The van der Waals surface area contributed by atoms with Gasteiger partial charge in [0.25, 0.3) is 0 Å². The van der Waals surface area contributed by atoms with Crippen molar-refractivity contribution in [3.63, 3.8) is 0 Å². The summed E-state index contributed by atoms with van der Waals surface area (Å²) in [6, 6.07) is 8.09. The number of aliphatic carboxylic acids is 1. The quantitative estimate of drug-likeness (QED) is 0.519. The second-order valence-corrected chi connectivity index (χ2v) is 7.04. The van der Waals surface area contributed by atoms with Crippen LogP contribution in [0.3, 0.4) is 0 Å². The van der Waals surface area contributed by atoms with Crippen LogP contribution in [0.2, 0.25) is 0 Å². The summed E-state index contributed by atoms with van der Waals surface area (Å²) in [5.41, 5.74) is 2.23. The van der Waals surface area contributed by atoms with Crippen LogP contribution in [0.5, 0.6) is 0 Å². The van der Waals surface area contributed by atoms with Gasteiger partial charge >= 0.3 is 29.6 Å². The van der Waals surface area contributed by atoms with E-state index in [1.54, 1.807) is 0 Å². The summed E-state index contributed by atoms with van der Waals surface area (Å²) >= 11 is 0. The third kappa shape index (κ3) is 7.66. The number of aliphatic hydroxyl groups excluding tert-OH is 1. The number of likely N-dealkylation sites (N-methyl/N-ethyl adjacent to an activating group) is 1. The Bertz CT molecular complexity index is 503. The Labute approximate surface area is 168 Å². The molecule has 132 valence electrons. The molecular formula is C19H32NNaO3. The van der Waals surface area contributed by atoms with Crippen LogP contribution < -0.4 is 9.59 Å². The molecule has 0 saturated carbocycles. The molecule has 0 aromatic heterocycles. The van der Waals surface area contributed by atoms with Crippen LogP contribution >= 0.6 is 0 Å². The van der Waals surface area contributed by atoms with Crippen LogP contribution in [-0.4, -0.2) is 67.4 Å². The van der Waals surface area contributed by atoms with E-state index in [0.29, 0.717) is 5.92 Å². The first-order chi connectivity index (χ1) is 10.8. The van der Waals surface area contributed by atoms with Crippen molar-refractivity contribution < 1.29 is 15.0 Å². The first-order valence-electron chi connectivity index (χ1n) is 8.58. The van der Waals surface area contributed by atoms with E-state index in [2.05, 4.69) is 13.0 Å². The summed E-state index contributed by atoms with van der Waals surface area (Å²) in [6.45, 7) is 3.94. The van der Waals surface area contributed by atoms with Gasteiger partial charge in [0.05, 0.1) is 26.2 Å². The van der Waals surface area contributed by atoms with Crippen molar-refractivity contribution in [2.45, 2.75) is 58.0 Å². The zero-order valence-electron chi connectivity index (χ0n) is 14.9. The third-order valence-electron chi connectivity index (χ3n) is 4.39. The van der Waals surface area contributed by atoms with E-state index in [4.69, 9.17) is 0 Å². The van der Waals surface area contributed by atoms with Crippen molar-refractivity contribution in [3.8, 4) is 0 Å². The van der Waals surface area contributed by atoms with Gasteiger partial charge in [-0.3, -0.25) is 4.48 Å². The number of carboxylic acids is 1. The SMILES string of the molecule is CCCCC(CCC(C)O)c1ccccc1[N+](C)(C)CC(=O)[O-].[NaH]. The summed E-state index contributed by atoms with van der Waals surface area (Å²) in [4.78, 5) is 11.1. The number of carbonyl (C=O) groups excluding carboxylic acids is 1. The second kappa shape index (κ2) is 11.3. The molecule has 1 aromatic carbocycles. The molecule has 0 amide bonds. The monoisotopic (exact) mass is 345 g/mol. The normalized spacial score (nSPS) is 13.9. The molecule has 0 saturated heterocycles. The molecule has 0 aliphatic rings. The molecule has 4 nitrogen and oxygen atoms in total. The predicted molar refractivity (Wildman–Crippen MR) is 100 cm³/mol. The Morgan fingerprint density at radius 1 is 1.21 bits per heavy atom. The molecule has 0 aliphatic carbocycles. The van der Waals surface area contributed by atoms with E-state index < -0.39 is 5.97 Å². The average Bonchev–Trinajstić information content (AvgIpc) is 2.46. The molecule has 1 aromatic rings. The molecule has 0 spiro atoms. The number of rotatable bonds is 10. The molecule has 24 heavy (non-hydrogen) atoms. The van der Waals surface area contributed by atoms with E-state index in [9.17, 15) is 15.0 Å². The topological polar surface area (TPSA) is 60.4 Å². The van der Waals surface area contributed by atoms with Gasteiger partial charge in [-0.2, -0.15) is 0 Å². The van der Waals surface area contributed by atoms with E-state index >= 15 is 0 Å². The number of carbonyl (C=O) groups is 1. The molecule has 2 unspecified atom stereocenters. The number of hydrogen-bond donors (Lipinski definition) is 1. The van der Waals surface area contributed by atoms with Gasteiger partial charge < -0.3 is 15.0 Å².